The molecule has 0 unspecified atom stereocenters. The smallest absolute Gasteiger partial charge is 0.136 e. The summed E-state index contributed by atoms with van der Waals surface area (Å²) in [6, 6.07) is 87.7. The Hall–Kier alpha value is -8.66. The molecule has 3 nitrogen and oxygen atoms in total. The van der Waals surface area contributed by atoms with Crippen molar-refractivity contribution in [2.24, 2.45) is 0 Å². The lowest BCUT2D eigenvalue weighted by Gasteiger charge is -2.29. The zero-order valence-corrected chi connectivity index (χ0v) is 35.4. The van der Waals surface area contributed by atoms with Gasteiger partial charge in [0, 0.05) is 44.2 Å². The summed E-state index contributed by atoms with van der Waals surface area (Å²) < 4.78 is 9.00. The van der Waals surface area contributed by atoms with E-state index in [4.69, 9.17) is 4.42 Å². The van der Waals surface area contributed by atoms with Crippen molar-refractivity contribution in [1.29, 1.82) is 0 Å². The van der Waals surface area contributed by atoms with Gasteiger partial charge in [0.2, 0.25) is 0 Å². The van der Waals surface area contributed by atoms with Crippen LogP contribution in [0, 0.1) is 0 Å². The lowest BCUT2D eigenvalue weighted by Crippen LogP contribution is -2.12. The Morgan fingerprint density at radius 3 is 1.65 bits per heavy atom. The molecule has 0 saturated heterocycles. The van der Waals surface area contributed by atoms with Gasteiger partial charge in [-0.15, -0.1) is 0 Å². The first kappa shape index (κ1) is 36.9. The van der Waals surface area contributed by atoms with Crippen LogP contribution in [0.2, 0.25) is 0 Å². The monoisotopic (exact) mass is 828 g/mol. The molecule has 3 heteroatoms. The maximum absolute atomic E-state index is 6.61. The van der Waals surface area contributed by atoms with Crippen LogP contribution in [0.1, 0.15) is 0 Å². The molecule has 0 amide bonds. The van der Waals surface area contributed by atoms with Crippen molar-refractivity contribution in [3.05, 3.63) is 243 Å². The summed E-state index contributed by atoms with van der Waals surface area (Å²) in [7, 11) is 0. The zero-order chi connectivity index (χ0) is 42.8. The second kappa shape index (κ2) is 15.0. The molecule has 0 bridgehead atoms. The molecule has 65 heavy (non-hydrogen) atoms. The van der Waals surface area contributed by atoms with E-state index in [1.165, 1.54) is 60.0 Å². The zero-order valence-electron chi connectivity index (χ0n) is 35.4. The highest BCUT2D eigenvalue weighted by Gasteiger charge is 2.22. The van der Waals surface area contributed by atoms with Gasteiger partial charge in [0.25, 0.3) is 0 Å². The van der Waals surface area contributed by atoms with E-state index in [1.807, 2.05) is 0 Å². The van der Waals surface area contributed by atoms with E-state index in [2.05, 4.69) is 252 Å². The molecule has 2 heterocycles. The topological polar surface area (TPSA) is 21.3 Å². The number of benzene rings is 11. The fourth-order valence-corrected chi connectivity index (χ4v) is 10.2. The number of hydrogen-bond acceptors (Lipinski definition) is 2. The predicted octanol–water partition coefficient (Wildman–Crippen LogP) is 17.5. The first-order valence-electron chi connectivity index (χ1n) is 22.2. The Balaban J connectivity index is 0.973. The van der Waals surface area contributed by atoms with Gasteiger partial charge in [0.15, 0.2) is 0 Å². The predicted molar refractivity (Wildman–Crippen MR) is 274 cm³/mol. The molecule has 0 N–H and O–H groups in total. The number of aromatic nitrogens is 1. The molecule has 11 aromatic carbocycles. The number of para-hydroxylation sites is 3. The van der Waals surface area contributed by atoms with Gasteiger partial charge >= 0.3 is 0 Å². The average Bonchev–Trinajstić information content (AvgIpc) is 3.91. The highest BCUT2D eigenvalue weighted by molar-refractivity contribution is 6.17. The van der Waals surface area contributed by atoms with Gasteiger partial charge in [0.05, 0.1) is 16.7 Å². The lowest BCUT2D eigenvalue weighted by molar-refractivity contribution is 0.669. The number of hydrogen-bond donors (Lipinski definition) is 0. The van der Waals surface area contributed by atoms with Gasteiger partial charge in [-0.25, -0.2) is 0 Å². The number of nitrogens with zero attached hydrogens (tertiary/aromatic N) is 2. The van der Waals surface area contributed by atoms with E-state index in [1.54, 1.807) is 0 Å². The minimum absolute atomic E-state index is 0.873. The van der Waals surface area contributed by atoms with Crippen LogP contribution in [0.4, 0.5) is 17.1 Å². The average molecular weight is 829 g/mol. The Morgan fingerprint density at radius 1 is 0.323 bits per heavy atom. The SMILES string of the molecule is c1cc(N(c2ccc(-c3ccc(-c4cccc5ccccc45)cc3)cc2)c2ccccc2-c2cccc3oc4cc5ccccc5cc4c23)cc(-n2c3ccccc3c3ccccc32)c1. The van der Waals surface area contributed by atoms with E-state index < -0.39 is 0 Å². The lowest BCUT2D eigenvalue weighted by atomic mass is 9.95. The minimum atomic E-state index is 0.873. The standard InChI is InChI=1S/C62H40N2O/c1-2-16-46-39-61-56(38-45(46)15-1)62-55(25-13-29-60(62)65-61)54-23-7-8-26-57(54)63(48-18-12-19-49(40-48)64-58-27-9-5-21-52(58)53-22-6-10-28-59(53)64)47-36-34-42(35-37-47)41-30-32-44(33-31-41)51-24-11-17-43-14-3-4-20-50(43)51/h1-40H. The molecule has 2 aromatic heterocycles. The maximum Gasteiger partial charge on any atom is 0.136 e. The van der Waals surface area contributed by atoms with Crippen LogP contribution < -0.4 is 4.90 Å². The van der Waals surface area contributed by atoms with Gasteiger partial charge in [-0.1, -0.05) is 176 Å². The van der Waals surface area contributed by atoms with Crippen molar-refractivity contribution < 1.29 is 4.42 Å². The summed E-state index contributed by atoms with van der Waals surface area (Å²) in [6.45, 7) is 0. The van der Waals surface area contributed by atoms with Crippen LogP contribution >= 0.6 is 0 Å². The molecule has 0 atom stereocenters. The first-order chi connectivity index (χ1) is 32.2. The maximum atomic E-state index is 6.61. The molecule has 13 rings (SSSR count). The molecule has 0 fully saturated rings. The summed E-state index contributed by atoms with van der Waals surface area (Å²) in [5.41, 5.74) is 15.4. The van der Waals surface area contributed by atoms with E-state index in [-0.39, 0.29) is 0 Å². The van der Waals surface area contributed by atoms with Crippen LogP contribution in [0.5, 0.6) is 0 Å². The second-order valence-corrected chi connectivity index (χ2v) is 16.9. The van der Waals surface area contributed by atoms with Gasteiger partial charge in [-0.3, -0.25) is 0 Å². The highest BCUT2D eigenvalue weighted by atomic mass is 16.3. The minimum Gasteiger partial charge on any atom is -0.456 e. The van der Waals surface area contributed by atoms with Crippen molar-refractivity contribution in [3.8, 4) is 39.1 Å². The third-order valence-electron chi connectivity index (χ3n) is 13.2. The van der Waals surface area contributed by atoms with Crippen molar-refractivity contribution in [3.63, 3.8) is 0 Å². The molecular formula is C62H40N2O. The second-order valence-electron chi connectivity index (χ2n) is 16.9. The van der Waals surface area contributed by atoms with Crippen molar-refractivity contribution in [2.75, 3.05) is 4.90 Å². The number of fused-ring (bicyclic) bond motifs is 8. The number of anilines is 3. The van der Waals surface area contributed by atoms with E-state index in [0.29, 0.717) is 0 Å². The molecule has 0 spiro atoms. The quantitative estimate of drug-likeness (QED) is 0.160. The van der Waals surface area contributed by atoms with Gasteiger partial charge in [-0.2, -0.15) is 0 Å². The van der Waals surface area contributed by atoms with E-state index in [9.17, 15) is 0 Å². The summed E-state index contributed by atoms with van der Waals surface area (Å²) in [5, 5.41) is 9.58. The largest absolute Gasteiger partial charge is 0.456 e. The third-order valence-corrected chi connectivity index (χ3v) is 13.2. The molecule has 13 aromatic rings. The molecule has 0 saturated carbocycles. The Morgan fingerprint density at radius 2 is 0.877 bits per heavy atom. The molecule has 0 aliphatic heterocycles. The summed E-state index contributed by atoms with van der Waals surface area (Å²) in [5.74, 6) is 0. The summed E-state index contributed by atoms with van der Waals surface area (Å²) >= 11 is 0. The Bertz CT molecular complexity index is 3890. The fraction of sp³-hybridized carbons (Fsp3) is 0. The van der Waals surface area contributed by atoms with Crippen molar-refractivity contribution >= 4 is 82.4 Å². The van der Waals surface area contributed by atoms with Crippen LogP contribution in [-0.4, -0.2) is 4.57 Å². The summed E-state index contributed by atoms with van der Waals surface area (Å²) in [6.07, 6.45) is 0. The fourth-order valence-electron chi connectivity index (χ4n) is 10.2. The normalized spacial score (nSPS) is 11.7. The molecule has 0 aliphatic carbocycles. The molecular weight excluding hydrogens is 789 g/mol. The molecule has 0 radical (unpaired) electrons. The van der Waals surface area contributed by atoms with Gasteiger partial charge in [0.1, 0.15) is 11.2 Å². The van der Waals surface area contributed by atoms with Crippen LogP contribution in [0.15, 0.2) is 247 Å². The van der Waals surface area contributed by atoms with E-state index >= 15 is 0 Å². The number of furan rings is 1. The van der Waals surface area contributed by atoms with E-state index in [0.717, 1.165) is 61.4 Å². The summed E-state index contributed by atoms with van der Waals surface area (Å²) in [4.78, 5) is 2.41. The Labute approximate surface area is 376 Å². The van der Waals surface area contributed by atoms with Crippen LogP contribution in [0.25, 0.3) is 104 Å². The van der Waals surface area contributed by atoms with Crippen molar-refractivity contribution in [1.82, 2.24) is 4.57 Å². The van der Waals surface area contributed by atoms with Crippen LogP contribution in [-0.2, 0) is 0 Å². The number of rotatable bonds is 7. The third kappa shape index (κ3) is 6.12. The van der Waals surface area contributed by atoms with Crippen molar-refractivity contribution in [2.45, 2.75) is 0 Å². The van der Waals surface area contributed by atoms with Crippen LogP contribution in [0.3, 0.4) is 0 Å². The molecule has 304 valence electrons. The van der Waals surface area contributed by atoms with Gasteiger partial charge < -0.3 is 13.9 Å². The highest BCUT2D eigenvalue weighted by Crippen LogP contribution is 2.46. The Kier molecular flexibility index (Phi) is 8.53. The molecule has 0 aliphatic rings. The van der Waals surface area contributed by atoms with Gasteiger partial charge in [-0.05, 0) is 116 Å². The first-order valence-corrected chi connectivity index (χ1v) is 22.2.